The lowest BCUT2D eigenvalue weighted by Crippen LogP contribution is -2.66. The van der Waals surface area contributed by atoms with Gasteiger partial charge in [0.2, 0.25) is 0 Å². The Labute approximate surface area is 77.4 Å². The van der Waals surface area contributed by atoms with E-state index in [2.05, 4.69) is 8.58 Å². The van der Waals surface area contributed by atoms with E-state index in [1.807, 2.05) is 0 Å². The molecule has 0 aromatic carbocycles. The van der Waals surface area contributed by atoms with Crippen molar-refractivity contribution < 1.29 is 57.0 Å². The molecule has 13 heavy (non-hydrogen) atoms. The summed E-state index contributed by atoms with van der Waals surface area (Å²) in [5.41, 5.74) is 0. The summed E-state index contributed by atoms with van der Waals surface area (Å²) in [6.45, 7) is 1.26. The van der Waals surface area contributed by atoms with Gasteiger partial charge in [-0.15, -0.1) is 0 Å². The molecule has 0 aliphatic rings. The number of rotatable bonds is 5. The van der Waals surface area contributed by atoms with Gasteiger partial charge in [0, 0.05) is 6.42 Å². The minimum atomic E-state index is -4.82. The summed E-state index contributed by atoms with van der Waals surface area (Å²) < 4.78 is 66.5. The van der Waals surface area contributed by atoms with Crippen LogP contribution in [0.1, 0.15) is 13.3 Å². The highest BCUT2D eigenvalue weighted by Gasteiger charge is 2.40. The summed E-state index contributed by atoms with van der Waals surface area (Å²) in [5.74, 6) is 0. The Hall–Kier alpha value is 0.260. The molecule has 0 bridgehead atoms. The molecule has 0 aromatic rings. The first-order valence-electron chi connectivity index (χ1n) is 2.82. The van der Waals surface area contributed by atoms with Gasteiger partial charge in [-0.1, -0.05) is 6.92 Å². The van der Waals surface area contributed by atoms with Gasteiger partial charge in [0.1, 0.15) is 8.58 Å². The van der Waals surface area contributed by atoms with Crippen LogP contribution in [0.2, 0.25) is 0 Å². The van der Waals surface area contributed by atoms with Crippen molar-refractivity contribution in [1.29, 1.82) is 0 Å². The predicted octanol–water partition coefficient (Wildman–Crippen LogP) is -6.45. The summed E-state index contributed by atoms with van der Waals surface area (Å²) in [7, 11) is -9.65. The van der Waals surface area contributed by atoms with Crippen molar-refractivity contribution in [1.82, 2.24) is 0 Å². The largest absolute Gasteiger partial charge is 0.458 e. The second kappa shape index (κ2) is 4.66. The topological polar surface area (TPSA) is 157 Å². The maximum absolute atomic E-state index is 9.90. The van der Waals surface area contributed by atoms with Crippen LogP contribution in [0.3, 0.4) is 0 Å². The molecule has 0 aliphatic carbocycles. The van der Waals surface area contributed by atoms with Gasteiger partial charge in [0.15, 0.2) is 0 Å². The predicted molar refractivity (Wildman–Crippen MR) is 16.2 cm³/mol. The molecule has 0 atom stereocenters. The van der Waals surface area contributed by atoms with Crippen LogP contribution in [0.15, 0.2) is 0 Å². The van der Waals surface area contributed by atoms with Crippen molar-refractivity contribution in [2.24, 2.45) is 0 Å². The van der Waals surface area contributed by atoms with Crippen molar-refractivity contribution in [2.75, 3.05) is 0 Å². The zero-order valence-electron chi connectivity index (χ0n) is 6.31. The summed E-state index contributed by atoms with van der Waals surface area (Å²) >= 11 is 0. The van der Waals surface area contributed by atoms with Crippen LogP contribution in [-0.4, -0.2) is 6.29 Å². The minimum absolute atomic E-state index is 0.289. The number of hydrogen-bond donors (Lipinski definition) is 0. The van der Waals surface area contributed by atoms with E-state index in [1.54, 1.807) is 0 Å². The fourth-order valence-corrected chi connectivity index (χ4v) is 1.23. The molecular weight excluding hydrogens is 235 g/mol. The van der Waals surface area contributed by atoms with E-state index in [4.69, 9.17) is 0 Å². The molecule has 0 aliphatic heterocycles. The lowest BCUT2D eigenvalue weighted by Gasteiger charge is -2.17. The van der Waals surface area contributed by atoms with Gasteiger partial charge >= 0.3 is 6.29 Å². The average Bonchev–Trinajstić information content (AvgIpc) is 1.79. The smallest absolute Gasteiger partial charge is 0.183 e. The standard InChI is InChI=1S/C3H6Cl2O8/c1-2-3(12-4(6,7)8)13-5(9,10)11/h3H,2H2,1H3. The minimum Gasteiger partial charge on any atom is -0.183 e. The lowest BCUT2D eigenvalue weighted by atomic mass is 10.5. The van der Waals surface area contributed by atoms with E-state index in [1.165, 1.54) is 6.92 Å². The van der Waals surface area contributed by atoms with Crippen LogP contribution >= 0.6 is 0 Å². The molecule has 0 unspecified atom stereocenters. The van der Waals surface area contributed by atoms with Crippen LogP contribution < -0.4 is 28.0 Å². The number of halogens is 2. The van der Waals surface area contributed by atoms with E-state index >= 15 is 0 Å². The first-order valence-corrected chi connectivity index (χ1v) is 5.29. The Kier molecular flexibility index (Phi) is 4.76. The van der Waals surface area contributed by atoms with Crippen molar-refractivity contribution in [3.8, 4) is 0 Å². The first-order chi connectivity index (χ1) is 5.64. The summed E-state index contributed by atoms with van der Waals surface area (Å²) in [4.78, 5) is 0. The maximum atomic E-state index is 9.90. The van der Waals surface area contributed by atoms with E-state index in [9.17, 15) is 28.0 Å². The van der Waals surface area contributed by atoms with Crippen LogP contribution in [-0.2, 0) is 8.58 Å². The van der Waals surface area contributed by atoms with E-state index in [-0.39, 0.29) is 6.42 Å². The average molecular weight is 241 g/mol. The fraction of sp³-hybridized carbons (Fsp3) is 1.00. The molecule has 10 heteroatoms. The monoisotopic (exact) mass is 240 g/mol. The first kappa shape index (κ1) is 13.3. The summed E-state index contributed by atoms with van der Waals surface area (Å²) in [6.07, 6.45) is -2.21. The fourth-order valence-electron chi connectivity index (χ4n) is 0.383. The van der Waals surface area contributed by atoms with Crippen molar-refractivity contribution in [3.05, 3.63) is 0 Å². The van der Waals surface area contributed by atoms with Gasteiger partial charge < -0.3 is 0 Å². The molecule has 0 spiro atoms. The Morgan fingerprint density at radius 3 is 1.38 bits per heavy atom. The number of hydrogen-bond acceptors (Lipinski definition) is 8. The second-order valence-electron chi connectivity index (χ2n) is 1.77. The Morgan fingerprint density at radius 1 is 0.923 bits per heavy atom. The van der Waals surface area contributed by atoms with E-state index in [0.29, 0.717) is 0 Å². The van der Waals surface area contributed by atoms with Crippen molar-refractivity contribution in [3.63, 3.8) is 0 Å². The molecule has 0 heterocycles. The normalized spacial score (nSPS) is 13.8. The summed E-state index contributed by atoms with van der Waals surface area (Å²) in [6, 6.07) is 0. The molecule has 0 amide bonds. The quantitative estimate of drug-likeness (QED) is 0.429. The Bertz CT molecular complexity index is 132. The van der Waals surface area contributed by atoms with Crippen LogP contribution in [0, 0.1) is 20.5 Å². The molecule has 0 radical (unpaired) electrons. The van der Waals surface area contributed by atoms with Gasteiger partial charge in [-0.2, -0.15) is 28.0 Å². The van der Waals surface area contributed by atoms with Crippen molar-refractivity contribution >= 4 is 0 Å². The molecule has 0 N–H and O–H groups in total. The van der Waals surface area contributed by atoms with Gasteiger partial charge in [0.05, 0.1) is 20.5 Å². The third-order valence-electron chi connectivity index (χ3n) is 0.750. The molecule has 0 saturated heterocycles. The van der Waals surface area contributed by atoms with Crippen LogP contribution in [0.25, 0.3) is 0 Å². The summed E-state index contributed by atoms with van der Waals surface area (Å²) in [5, 5.41) is 0. The SMILES string of the molecule is CCC(O[Cl+3]([O-])([O-])[O-])O[Cl+3]([O-])([O-])[O-]. The highest BCUT2D eigenvalue weighted by atomic mass is 35.7. The third kappa shape index (κ3) is 8.59. The van der Waals surface area contributed by atoms with Gasteiger partial charge in [0.25, 0.3) is 0 Å². The zero-order chi connectivity index (χ0) is 10.7. The van der Waals surface area contributed by atoms with Gasteiger partial charge in [-0.3, -0.25) is 0 Å². The third-order valence-corrected chi connectivity index (χ3v) is 1.58. The molecule has 8 nitrogen and oxygen atoms in total. The maximum Gasteiger partial charge on any atom is 0.458 e. The highest BCUT2D eigenvalue weighted by Crippen LogP contribution is 2.08. The molecule has 80 valence electrons. The van der Waals surface area contributed by atoms with Gasteiger partial charge in [-0.05, 0) is 0 Å². The van der Waals surface area contributed by atoms with E-state index in [0.717, 1.165) is 0 Å². The van der Waals surface area contributed by atoms with Crippen molar-refractivity contribution in [2.45, 2.75) is 19.6 Å². The van der Waals surface area contributed by atoms with E-state index < -0.39 is 26.8 Å². The molecule has 0 saturated carbocycles. The molecule has 0 rings (SSSR count). The zero-order valence-corrected chi connectivity index (χ0v) is 7.82. The van der Waals surface area contributed by atoms with Crippen LogP contribution in [0.4, 0.5) is 0 Å². The van der Waals surface area contributed by atoms with Gasteiger partial charge in [-0.25, -0.2) is 0 Å². The molecular formula is C3H6Cl2O8. The Morgan fingerprint density at radius 2 is 1.23 bits per heavy atom. The van der Waals surface area contributed by atoms with Crippen LogP contribution in [0.5, 0.6) is 0 Å². The lowest BCUT2D eigenvalue weighted by molar-refractivity contribution is -1.94. The highest BCUT2D eigenvalue weighted by molar-refractivity contribution is 4.26. The Balaban J connectivity index is 4.05. The molecule has 0 aromatic heterocycles. The molecule has 0 fully saturated rings. The second-order valence-corrected chi connectivity index (χ2v) is 3.64.